The van der Waals surface area contributed by atoms with Crippen molar-refractivity contribution in [2.75, 3.05) is 19.4 Å². The molecule has 1 aromatic heterocycles. The SMILES string of the molecule is CCn1c(CCC(=O)Nc2ccc(C)c(C(F)(F)F)c2)nc2cc(S(=O)(=O)N(C)C)ccc21. The molecule has 0 saturated heterocycles. The lowest BCUT2D eigenvalue weighted by molar-refractivity contribution is -0.138. The zero-order valence-electron chi connectivity index (χ0n) is 18.7. The molecule has 0 fully saturated rings. The maximum absolute atomic E-state index is 13.1. The van der Waals surface area contributed by atoms with Crippen LogP contribution in [0.25, 0.3) is 11.0 Å². The van der Waals surface area contributed by atoms with E-state index in [2.05, 4.69) is 10.3 Å². The van der Waals surface area contributed by atoms with Crippen molar-refractivity contribution in [3.8, 4) is 0 Å². The molecular formula is C22H25F3N4O3S. The van der Waals surface area contributed by atoms with Gasteiger partial charge >= 0.3 is 6.18 Å². The van der Waals surface area contributed by atoms with Crippen LogP contribution in [0, 0.1) is 6.92 Å². The summed E-state index contributed by atoms with van der Waals surface area (Å²) in [5, 5.41) is 2.50. The summed E-state index contributed by atoms with van der Waals surface area (Å²) in [6.45, 7) is 3.82. The van der Waals surface area contributed by atoms with E-state index in [4.69, 9.17) is 0 Å². The summed E-state index contributed by atoms with van der Waals surface area (Å²) in [6, 6.07) is 8.34. The predicted molar refractivity (Wildman–Crippen MR) is 119 cm³/mol. The van der Waals surface area contributed by atoms with Crippen LogP contribution in [-0.4, -0.2) is 42.3 Å². The van der Waals surface area contributed by atoms with Crippen LogP contribution in [0.5, 0.6) is 0 Å². The van der Waals surface area contributed by atoms with Gasteiger partial charge in [-0.1, -0.05) is 6.07 Å². The van der Waals surface area contributed by atoms with Crippen molar-refractivity contribution in [1.82, 2.24) is 13.9 Å². The fourth-order valence-electron chi connectivity index (χ4n) is 3.53. The molecule has 3 rings (SSSR count). The molecule has 3 aromatic rings. The number of hydrogen-bond donors (Lipinski definition) is 1. The monoisotopic (exact) mass is 482 g/mol. The molecule has 0 aliphatic heterocycles. The van der Waals surface area contributed by atoms with Crippen molar-refractivity contribution < 1.29 is 26.4 Å². The van der Waals surface area contributed by atoms with Crippen molar-refractivity contribution in [3.05, 3.63) is 53.3 Å². The van der Waals surface area contributed by atoms with Crippen LogP contribution < -0.4 is 5.32 Å². The van der Waals surface area contributed by atoms with E-state index in [1.54, 1.807) is 6.07 Å². The number of halogens is 3. The number of anilines is 1. The molecule has 7 nitrogen and oxygen atoms in total. The van der Waals surface area contributed by atoms with Crippen molar-refractivity contribution in [2.24, 2.45) is 0 Å². The maximum atomic E-state index is 13.1. The Hall–Kier alpha value is -2.92. The Balaban J connectivity index is 1.79. The van der Waals surface area contributed by atoms with Crippen LogP contribution in [0.4, 0.5) is 18.9 Å². The number of sulfonamides is 1. The molecule has 0 atom stereocenters. The van der Waals surface area contributed by atoms with E-state index in [9.17, 15) is 26.4 Å². The number of fused-ring (bicyclic) bond motifs is 1. The standard InChI is InChI=1S/C22H25F3N4O3S/c1-5-29-19-9-8-16(33(31,32)28(3)4)13-18(19)27-20(29)10-11-21(30)26-15-7-6-14(2)17(12-15)22(23,24)25/h6-9,12-13H,5,10-11H2,1-4H3,(H,26,30). The van der Waals surface area contributed by atoms with Gasteiger partial charge in [0.1, 0.15) is 5.82 Å². The lowest BCUT2D eigenvalue weighted by atomic mass is 10.1. The lowest BCUT2D eigenvalue weighted by Crippen LogP contribution is -2.22. The summed E-state index contributed by atoms with van der Waals surface area (Å²) < 4.78 is 67.1. The zero-order chi connectivity index (χ0) is 24.6. The molecule has 0 unspecified atom stereocenters. The number of nitrogens with one attached hydrogen (secondary N) is 1. The molecule has 1 amide bonds. The molecule has 0 spiro atoms. The van der Waals surface area contributed by atoms with E-state index < -0.39 is 27.7 Å². The van der Waals surface area contributed by atoms with E-state index >= 15 is 0 Å². The van der Waals surface area contributed by atoms with Crippen LogP contribution in [0.2, 0.25) is 0 Å². The van der Waals surface area contributed by atoms with Crippen LogP contribution in [0.15, 0.2) is 41.3 Å². The van der Waals surface area contributed by atoms with Gasteiger partial charge in [0.15, 0.2) is 0 Å². The molecule has 0 aliphatic rings. The minimum absolute atomic E-state index is 0.00139. The average Bonchev–Trinajstić information content (AvgIpc) is 3.09. The highest BCUT2D eigenvalue weighted by molar-refractivity contribution is 7.89. The highest BCUT2D eigenvalue weighted by atomic mass is 32.2. The number of nitrogens with zero attached hydrogens (tertiary/aromatic N) is 3. The van der Waals surface area contributed by atoms with Gasteiger partial charge in [-0.05, 0) is 49.7 Å². The number of rotatable bonds is 7. The number of aryl methyl sites for hydroxylation is 3. The number of hydrogen-bond acceptors (Lipinski definition) is 4. The van der Waals surface area contributed by atoms with Crippen molar-refractivity contribution >= 4 is 32.7 Å². The number of alkyl halides is 3. The first-order valence-corrected chi connectivity index (χ1v) is 11.7. The maximum Gasteiger partial charge on any atom is 0.416 e. The van der Waals surface area contributed by atoms with Crippen molar-refractivity contribution in [1.29, 1.82) is 0 Å². The average molecular weight is 483 g/mol. The molecule has 1 N–H and O–H groups in total. The smallest absolute Gasteiger partial charge is 0.328 e. The second-order valence-electron chi connectivity index (χ2n) is 7.79. The van der Waals surface area contributed by atoms with Gasteiger partial charge in [-0.3, -0.25) is 4.79 Å². The third kappa shape index (κ3) is 5.19. The molecule has 2 aromatic carbocycles. The van der Waals surface area contributed by atoms with Crippen molar-refractivity contribution in [3.63, 3.8) is 0 Å². The topological polar surface area (TPSA) is 84.3 Å². The first kappa shape index (κ1) is 24.7. The molecule has 33 heavy (non-hydrogen) atoms. The largest absolute Gasteiger partial charge is 0.416 e. The van der Waals surface area contributed by atoms with E-state index in [1.807, 2.05) is 11.5 Å². The third-order valence-corrected chi connectivity index (χ3v) is 7.11. The Morgan fingerprint density at radius 2 is 1.85 bits per heavy atom. The normalized spacial score (nSPS) is 12.5. The number of benzene rings is 2. The summed E-state index contributed by atoms with van der Waals surface area (Å²) >= 11 is 0. The predicted octanol–water partition coefficient (Wildman–Crippen LogP) is 4.21. The molecule has 11 heteroatoms. The zero-order valence-corrected chi connectivity index (χ0v) is 19.5. The molecule has 1 heterocycles. The second kappa shape index (κ2) is 9.14. The minimum atomic E-state index is -4.50. The highest BCUT2D eigenvalue weighted by Gasteiger charge is 2.32. The van der Waals surface area contributed by atoms with E-state index in [0.29, 0.717) is 17.9 Å². The summed E-state index contributed by atoms with van der Waals surface area (Å²) in [4.78, 5) is 17.0. The highest BCUT2D eigenvalue weighted by Crippen LogP contribution is 2.33. The van der Waals surface area contributed by atoms with Crippen LogP contribution in [-0.2, 0) is 34.0 Å². The van der Waals surface area contributed by atoms with Gasteiger partial charge in [0, 0.05) is 39.2 Å². The number of imidazole rings is 1. The Morgan fingerprint density at radius 3 is 2.45 bits per heavy atom. The summed E-state index contributed by atoms with van der Waals surface area (Å²) in [6.07, 6.45) is -4.26. The first-order valence-electron chi connectivity index (χ1n) is 10.2. The van der Waals surface area contributed by atoms with Crippen LogP contribution >= 0.6 is 0 Å². The fourth-order valence-corrected chi connectivity index (χ4v) is 4.45. The van der Waals surface area contributed by atoms with Gasteiger partial charge in [-0.15, -0.1) is 0 Å². The van der Waals surface area contributed by atoms with Gasteiger partial charge < -0.3 is 9.88 Å². The second-order valence-corrected chi connectivity index (χ2v) is 9.94. The summed E-state index contributed by atoms with van der Waals surface area (Å²) in [7, 11) is -0.728. The van der Waals surface area contributed by atoms with Crippen LogP contribution in [0.1, 0.15) is 30.3 Å². The Bertz CT molecular complexity index is 1300. The summed E-state index contributed by atoms with van der Waals surface area (Å²) in [5.74, 6) is 0.138. The fraction of sp³-hybridized carbons (Fsp3) is 0.364. The number of carbonyl (C=O) groups excluding carboxylic acids is 1. The quantitative estimate of drug-likeness (QED) is 0.547. The molecule has 0 aliphatic carbocycles. The summed E-state index contributed by atoms with van der Waals surface area (Å²) in [5.41, 5.74) is 0.576. The van der Waals surface area contributed by atoms with Gasteiger partial charge in [0.05, 0.1) is 21.5 Å². The van der Waals surface area contributed by atoms with Gasteiger partial charge in [0.25, 0.3) is 0 Å². The molecule has 0 radical (unpaired) electrons. The minimum Gasteiger partial charge on any atom is -0.328 e. The molecular weight excluding hydrogens is 457 g/mol. The third-order valence-electron chi connectivity index (χ3n) is 5.30. The van der Waals surface area contributed by atoms with E-state index in [1.165, 1.54) is 45.3 Å². The Kier molecular flexibility index (Phi) is 6.85. The molecule has 0 saturated carbocycles. The molecule has 0 bridgehead atoms. The van der Waals surface area contributed by atoms with Crippen LogP contribution in [0.3, 0.4) is 0 Å². The Morgan fingerprint density at radius 1 is 1.15 bits per heavy atom. The number of amides is 1. The first-order chi connectivity index (χ1) is 15.3. The lowest BCUT2D eigenvalue weighted by Gasteiger charge is -2.13. The van der Waals surface area contributed by atoms with Gasteiger partial charge in [0.2, 0.25) is 15.9 Å². The Labute approximate surface area is 190 Å². The van der Waals surface area contributed by atoms with Gasteiger partial charge in [-0.2, -0.15) is 13.2 Å². The van der Waals surface area contributed by atoms with E-state index in [0.717, 1.165) is 15.9 Å². The number of carbonyl (C=O) groups is 1. The molecule has 178 valence electrons. The van der Waals surface area contributed by atoms with Crippen molar-refractivity contribution in [2.45, 2.75) is 44.3 Å². The number of aromatic nitrogens is 2. The van der Waals surface area contributed by atoms with E-state index in [-0.39, 0.29) is 29.0 Å². The van der Waals surface area contributed by atoms with Gasteiger partial charge in [-0.25, -0.2) is 17.7 Å².